The van der Waals surface area contributed by atoms with Crippen LogP contribution in [0.2, 0.25) is 0 Å². The van der Waals surface area contributed by atoms with Crippen LogP contribution >= 0.6 is 0 Å². The lowest BCUT2D eigenvalue weighted by Gasteiger charge is -2.24. The van der Waals surface area contributed by atoms with Crippen LogP contribution in [0.5, 0.6) is 0 Å². The molecule has 0 aliphatic heterocycles. The van der Waals surface area contributed by atoms with Gasteiger partial charge in [0.15, 0.2) is 0 Å². The van der Waals surface area contributed by atoms with Crippen molar-refractivity contribution in [3.8, 4) is 0 Å². The van der Waals surface area contributed by atoms with Crippen LogP contribution in [0.4, 0.5) is 0 Å². The van der Waals surface area contributed by atoms with E-state index in [1.807, 2.05) is 0 Å². The zero-order valence-corrected chi connectivity index (χ0v) is 9.98. The van der Waals surface area contributed by atoms with Gasteiger partial charge in [0.2, 0.25) is 10.0 Å². The van der Waals surface area contributed by atoms with Crippen molar-refractivity contribution in [1.82, 2.24) is 4.72 Å². The molecule has 3 nitrogen and oxygen atoms in total. The maximum absolute atomic E-state index is 11.3. The number of sulfonamides is 1. The normalized spacial score (nSPS) is 13.2. The van der Waals surface area contributed by atoms with Gasteiger partial charge in [-0.05, 0) is 24.8 Å². The fourth-order valence-corrected chi connectivity index (χ4v) is 2.93. The summed E-state index contributed by atoms with van der Waals surface area (Å²) in [5.74, 6) is 1.28. The molecule has 1 N–H and O–H groups in total. The highest BCUT2D eigenvalue weighted by Crippen LogP contribution is 2.21. The van der Waals surface area contributed by atoms with E-state index in [1.54, 1.807) is 0 Å². The highest BCUT2D eigenvalue weighted by molar-refractivity contribution is 7.89. The van der Waals surface area contributed by atoms with Gasteiger partial charge in [-0.3, -0.25) is 0 Å². The molecule has 0 saturated heterocycles. The maximum atomic E-state index is 11.3. The van der Waals surface area contributed by atoms with Crippen LogP contribution in [0.25, 0.3) is 0 Å². The van der Waals surface area contributed by atoms with Gasteiger partial charge in [-0.25, -0.2) is 13.1 Å². The zero-order valence-electron chi connectivity index (χ0n) is 9.16. The molecule has 0 fully saturated rings. The van der Waals surface area contributed by atoms with E-state index in [4.69, 9.17) is 0 Å². The van der Waals surface area contributed by atoms with Gasteiger partial charge in [-0.2, -0.15) is 0 Å². The molecule has 0 aromatic carbocycles. The lowest BCUT2D eigenvalue weighted by molar-refractivity contribution is 0.317. The first-order valence-electron chi connectivity index (χ1n) is 4.71. The Kier molecular flexibility index (Phi) is 4.92. The first-order chi connectivity index (χ1) is 5.80. The van der Waals surface area contributed by atoms with Gasteiger partial charge in [0.05, 0.1) is 5.75 Å². The highest BCUT2D eigenvalue weighted by atomic mass is 32.2. The monoisotopic (exact) mass is 207 g/mol. The third-order valence-electron chi connectivity index (χ3n) is 2.44. The van der Waals surface area contributed by atoms with Crippen molar-refractivity contribution < 1.29 is 8.42 Å². The Bertz CT molecular complexity index is 224. The fraction of sp³-hybridized carbons (Fsp3) is 1.00. The summed E-state index contributed by atoms with van der Waals surface area (Å²) in [4.78, 5) is 0. The molecule has 13 heavy (non-hydrogen) atoms. The van der Waals surface area contributed by atoms with Gasteiger partial charge in [0.25, 0.3) is 0 Å². The topological polar surface area (TPSA) is 46.2 Å². The first kappa shape index (κ1) is 12.9. The Balaban J connectivity index is 4.45. The molecule has 4 heteroatoms. The number of hydrogen-bond donors (Lipinski definition) is 1. The lowest BCUT2D eigenvalue weighted by atomic mass is 9.87. The summed E-state index contributed by atoms with van der Waals surface area (Å²) in [6, 6.07) is 0. The quantitative estimate of drug-likeness (QED) is 0.742. The summed E-state index contributed by atoms with van der Waals surface area (Å²) in [5.41, 5.74) is 0. The van der Waals surface area contributed by atoms with E-state index in [0.29, 0.717) is 11.8 Å². The SMILES string of the molecule is CNS(=O)(=O)CC(C(C)C)C(C)C. The van der Waals surface area contributed by atoms with Gasteiger partial charge in [-0.1, -0.05) is 27.7 Å². The molecule has 80 valence electrons. The largest absolute Gasteiger partial charge is 0.218 e. The molecule has 0 radical (unpaired) electrons. The number of hydrogen-bond acceptors (Lipinski definition) is 2. The lowest BCUT2D eigenvalue weighted by Crippen LogP contribution is -2.31. The van der Waals surface area contributed by atoms with Crippen molar-refractivity contribution in [2.24, 2.45) is 17.8 Å². The molecule has 0 atom stereocenters. The van der Waals surface area contributed by atoms with Crippen molar-refractivity contribution in [1.29, 1.82) is 0 Å². The maximum Gasteiger partial charge on any atom is 0.211 e. The molecule has 0 unspecified atom stereocenters. The number of nitrogens with one attached hydrogen (secondary N) is 1. The number of rotatable bonds is 5. The third-order valence-corrected chi connectivity index (χ3v) is 3.88. The van der Waals surface area contributed by atoms with Crippen LogP contribution in [-0.2, 0) is 10.0 Å². The van der Waals surface area contributed by atoms with E-state index < -0.39 is 10.0 Å². The molecule has 0 bridgehead atoms. The van der Waals surface area contributed by atoms with E-state index >= 15 is 0 Å². The molecule has 0 rings (SSSR count). The third kappa shape index (κ3) is 4.62. The van der Waals surface area contributed by atoms with Crippen molar-refractivity contribution in [2.45, 2.75) is 27.7 Å². The fourth-order valence-electron chi connectivity index (χ4n) is 1.49. The minimum absolute atomic E-state index is 0.234. The molecule has 0 aromatic heterocycles. The van der Waals surface area contributed by atoms with Gasteiger partial charge in [0, 0.05) is 0 Å². The molecule has 0 spiro atoms. The zero-order chi connectivity index (χ0) is 10.6. The summed E-state index contributed by atoms with van der Waals surface area (Å²) >= 11 is 0. The minimum atomic E-state index is -3.06. The smallest absolute Gasteiger partial charge is 0.211 e. The van der Waals surface area contributed by atoms with Crippen molar-refractivity contribution in [3.63, 3.8) is 0 Å². The molecular formula is C9H21NO2S. The van der Waals surface area contributed by atoms with Crippen LogP contribution in [0.15, 0.2) is 0 Å². The highest BCUT2D eigenvalue weighted by Gasteiger charge is 2.23. The average molecular weight is 207 g/mol. The molecule has 0 amide bonds. The van der Waals surface area contributed by atoms with Gasteiger partial charge in [0.1, 0.15) is 0 Å². The predicted molar refractivity (Wildman–Crippen MR) is 56.0 cm³/mol. The summed E-state index contributed by atoms with van der Waals surface area (Å²) < 4.78 is 25.0. The van der Waals surface area contributed by atoms with Crippen molar-refractivity contribution in [2.75, 3.05) is 12.8 Å². The molecular weight excluding hydrogens is 186 g/mol. The standard InChI is InChI=1S/C9H21NO2S/c1-7(2)9(8(3)4)6-13(11,12)10-5/h7-10H,6H2,1-5H3. The van der Waals surface area contributed by atoms with Crippen molar-refractivity contribution in [3.05, 3.63) is 0 Å². The summed E-state index contributed by atoms with van der Waals surface area (Å²) in [6.07, 6.45) is 0. The Morgan fingerprint density at radius 2 is 1.46 bits per heavy atom. The minimum Gasteiger partial charge on any atom is -0.218 e. The van der Waals surface area contributed by atoms with Crippen LogP contribution in [0, 0.1) is 17.8 Å². The van der Waals surface area contributed by atoms with Crippen LogP contribution in [0.1, 0.15) is 27.7 Å². The predicted octanol–water partition coefficient (Wildman–Crippen LogP) is 1.46. The Morgan fingerprint density at radius 3 is 1.69 bits per heavy atom. The van der Waals surface area contributed by atoms with Crippen LogP contribution in [0.3, 0.4) is 0 Å². The van der Waals surface area contributed by atoms with E-state index in [1.165, 1.54) is 7.05 Å². The first-order valence-corrected chi connectivity index (χ1v) is 6.36. The summed E-state index contributed by atoms with van der Waals surface area (Å²) in [5, 5.41) is 0. The second-order valence-electron chi connectivity index (χ2n) is 4.14. The summed E-state index contributed by atoms with van der Waals surface area (Å²) in [7, 11) is -1.59. The van der Waals surface area contributed by atoms with E-state index in [0.717, 1.165) is 0 Å². The summed E-state index contributed by atoms with van der Waals surface area (Å²) in [6.45, 7) is 8.26. The van der Waals surface area contributed by atoms with E-state index in [2.05, 4.69) is 32.4 Å². The Morgan fingerprint density at radius 1 is 1.08 bits per heavy atom. The molecule has 0 heterocycles. The average Bonchev–Trinajstić information content (AvgIpc) is 1.99. The van der Waals surface area contributed by atoms with E-state index in [9.17, 15) is 8.42 Å². The second-order valence-corrected chi connectivity index (χ2v) is 6.11. The van der Waals surface area contributed by atoms with Crippen LogP contribution in [-0.4, -0.2) is 21.2 Å². The molecule has 0 aliphatic carbocycles. The van der Waals surface area contributed by atoms with Crippen molar-refractivity contribution >= 4 is 10.0 Å². The second kappa shape index (κ2) is 4.96. The van der Waals surface area contributed by atoms with Gasteiger partial charge in [-0.15, -0.1) is 0 Å². The van der Waals surface area contributed by atoms with Gasteiger partial charge < -0.3 is 0 Å². The Hall–Kier alpha value is -0.0900. The van der Waals surface area contributed by atoms with Crippen LogP contribution < -0.4 is 4.72 Å². The van der Waals surface area contributed by atoms with Gasteiger partial charge >= 0.3 is 0 Å². The molecule has 0 aromatic rings. The Labute approximate surface area is 82.0 Å². The molecule has 0 aliphatic rings. The molecule has 0 saturated carbocycles. The van der Waals surface area contributed by atoms with E-state index in [-0.39, 0.29) is 11.7 Å².